The van der Waals surface area contributed by atoms with Crippen LogP contribution in [0.25, 0.3) is 0 Å². The minimum absolute atomic E-state index is 0.335. The summed E-state index contributed by atoms with van der Waals surface area (Å²) in [4.78, 5) is 2.26. The fourth-order valence-electron chi connectivity index (χ4n) is 12.9. The Morgan fingerprint density at radius 2 is 1.27 bits per heavy atom. The summed E-state index contributed by atoms with van der Waals surface area (Å²) < 4.78 is 18.8. The van der Waals surface area contributed by atoms with Crippen molar-refractivity contribution in [1.82, 2.24) is 4.90 Å². The standard InChI is InChI=1S/C56H103NO3/c1-9-10-11-12-13-14-15-16-17-18-19-20-21-22-23-26-40-58-44-49(57(7)8)45-59-41-27-24-25-28-42-60-50-36-38-55(5)48(43-50)32-33-51-53-35-34-52(47(4)31-29-30-46(2)3)56(53,6)39-37-54(51)55/h16-17,32,46-47,49-54H,9-15,18-31,33-45H2,1-8H3/b17-16-/t47-,49?,50+,51+,52-,53?,54?,55+,56-/m1/s1. The van der Waals surface area contributed by atoms with Gasteiger partial charge in [-0.25, -0.2) is 0 Å². The van der Waals surface area contributed by atoms with Crippen LogP contribution in [0.3, 0.4) is 0 Å². The molecule has 0 aromatic heterocycles. The Morgan fingerprint density at radius 1 is 0.667 bits per heavy atom. The Labute approximate surface area is 375 Å². The van der Waals surface area contributed by atoms with E-state index in [0.29, 0.717) is 23.0 Å². The van der Waals surface area contributed by atoms with Crippen molar-refractivity contribution in [2.24, 2.45) is 46.3 Å². The van der Waals surface area contributed by atoms with Crippen LogP contribution >= 0.6 is 0 Å². The van der Waals surface area contributed by atoms with Crippen LogP contribution in [-0.2, 0) is 14.2 Å². The molecule has 3 fully saturated rings. The molecule has 0 heterocycles. The Morgan fingerprint density at radius 3 is 1.88 bits per heavy atom. The summed E-state index contributed by atoms with van der Waals surface area (Å²) in [5.74, 6) is 5.48. The molecule has 0 aliphatic heterocycles. The van der Waals surface area contributed by atoms with Crippen LogP contribution in [0.15, 0.2) is 23.8 Å². The van der Waals surface area contributed by atoms with Crippen LogP contribution in [0.5, 0.6) is 0 Å². The first-order valence-corrected chi connectivity index (χ1v) is 26.9. The first-order valence-electron chi connectivity index (χ1n) is 26.9. The van der Waals surface area contributed by atoms with Gasteiger partial charge in [0.25, 0.3) is 0 Å². The zero-order valence-corrected chi connectivity index (χ0v) is 41.6. The van der Waals surface area contributed by atoms with Gasteiger partial charge in [0.1, 0.15) is 0 Å². The van der Waals surface area contributed by atoms with Gasteiger partial charge in [-0.3, -0.25) is 0 Å². The van der Waals surface area contributed by atoms with Crippen molar-refractivity contribution >= 4 is 0 Å². The largest absolute Gasteiger partial charge is 0.380 e. The van der Waals surface area contributed by atoms with E-state index in [2.05, 4.69) is 78.8 Å². The lowest BCUT2D eigenvalue weighted by molar-refractivity contribution is -0.0641. The van der Waals surface area contributed by atoms with E-state index in [1.165, 1.54) is 180 Å². The average molecular weight is 838 g/mol. The van der Waals surface area contributed by atoms with Crippen molar-refractivity contribution < 1.29 is 14.2 Å². The van der Waals surface area contributed by atoms with Gasteiger partial charge in [0.05, 0.1) is 25.4 Å². The molecule has 4 rings (SSSR count). The van der Waals surface area contributed by atoms with E-state index in [-0.39, 0.29) is 0 Å². The second kappa shape index (κ2) is 29.0. The monoisotopic (exact) mass is 838 g/mol. The lowest BCUT2D eigenvalue weighted by atomic mass is 9.47. The highest BCUT2D eigenvalue weighted by Crippen LogP contribution is 2.67. The van der Waals surface area contributed by atoms with Gasteiger partial charge in [0, 0.05) is 19.8 Å². The molecule has 4 heteroatoms. The van der Waals surface area contributed by atoms with Gasteiger partial charge in [0.2, 0.25) is 0 Å². The van der Waals surface area contributed by atoms with Gasteiger partial charge in [-0.15, -0.1) is 0 Å². The lowest BCUT2D eigenvalue weighted by Gasteiger charge is -2.58. The van der Waals surface area contributed by atoms with Crippen molar-refractivity contribution in [2.45, 2.75) is 240 Å². The number of allylic oxidation sites excluding steroid dienone is 3. The number of ether oxygens (including phenoxy) is 3. The molecule has 60 heavy (non-hydrogen) atoms. The van der Waals surface area contributed by atoms with Gasteiger partial charge in [-0.1, -0.05) is 155 Å². The van der Waals surface area contributed by atoms with Gasteiger partial charge >= 0.3 is 0 Å². The van der Waals surface area contributed by atoms with Crippen molar-refractivity contribution in [3.63, 3.8) is 0 Å². The summed E-state index contributed by atoms with van der Waals surface area (Å²) in [6.45, 7) is 19.3. The second-order valence-corrected chi connectivity index (χ2v) is 22.1. The van der Waals surface area contributed by atoms with Crippen molar-refractivity contribution in [2.75, 3.05) is 47.1 Å². The maximum Gasteiger partial charge on any atom is 0.0644 e. The van der Waals surface area contributed by atoms with Crippen LogP contribution in [0.4, 0.5) is 0 Å². The van der Waals surface area contributed by atoms with Crippen LogP contribution in [0, 0.1) is 46.3 Å². The highest BCUT2D eigenvalue weighted by Gasteiger charge is 2.59. The molecule has 0 N–H and O–H groups in total. The lowest BCUT2D eigenvalue weighted by Crippen LogP contribution is -2.51. The minimum atomic E-state index is 0.335. The van der Waals surface area contributed by atoms with Crippen molar-refractivity contribution in [1.29, 1.82) is 0 Å². The van der Waals surface area contributed by atoms with E-state index in [0.717, 1.165) is 75.0 Å². The third-order valence-electron chi connectivity index (χ3n) is 16.9. The number of nitrogens with zero attached hydrogens (tertiary/aromatic N) is 1. The van der Waals surface area contributed by atoms with E-state index in [1.54, 1.807) is 5.57 Å². The molecule has 0 bridgehead atoms. The number of fused-ring (bicyclic) bond motifs is 5. The fraction of sp³-hybridized carbons (Fsp3) is 0.929. The minimum Gasteiger partial charge on any atom is -0.380 e. The van der Waals surface area contributed by atoms with Gasteiger partial charge in [0.15, 0.2) is 0 Å². The highest BCUT2D eigenvalue weighted by molar-refractivity contribution is 5.25. The molecule has 3 unspecified atom stereocenters. The molecular formula is C56H103NO3. The summed E-state index contributed by atoms with van der Waals surface area (Å²) in [7, 11) is 4.31. The Kier molecular flexibility index (Phi) is 25.1. The first-order chi connectivity index (χ1) is 29.1. The Hall–Kier alpha value is -0.680. The van der Waals surface area contributed by atoms with Crippen molar-refractivity contribution in [3.8, 4) is 0 Å². The van der Waals surface area contributed by atoms with E-state index in [4.69, 9.17) is 14.2 Å². The maximum absolute atomic E-state index is 6.59. The number of likely N-dealkylation sites (N-methyl/N-ethyl adjacent to an activating group) is 1. The molecule has 9 atom stereocenters. The summed E-state index contributed by atoms with van der Waals surface area (Å²) in [5, 5.41) is 0. The summed E-state index contributed by atoms with van der Waals surface area (Å²) in [6.07, 6.45) is 47.0. The zero-order chi connectivity index (χ0) is 43.1. The third kappa shape index (κ3) is 17.0. The topological polar surface area (TPSA) is 30.9 Å². The molecule has 0 aromatic carbocycles. The first kappa shape index (κ1) is 51.9. The molecule has 350 valence electrons. The SMILES string of the molecule is CCCCCCCC/C=C\CCCCCCCCOCC(COCCCCCCO[C@H]1CC[C@@]2(C)C(=CC[C@@H]3C2CC[C@@]2(C)C3CC[C@@H]2[C@H](C)CCCC(C)C)C1)N(C)C. The van der Waals surface area contributed by atoms with E-state index < -0.39 is 0 Å². The second-order valence-electron chi connectivity index (χ2n) is 22.1. The summed E-state index contributed by atoms with van der Waals surface area (Å²) >= 11 is 0. The highest BCUT2D eigenvalue weighted by atomic mass is 16.5. The van der Waals surface area contributed by atoms with Crippen LogP contribution in [0.1, 0.15) is 228 Å². The normalized spacial score (nSPS) is 28.9. The molecule has 0 saturated heterocycles. The molecule has 0 aromatic rings. The van der Waals surface area contributed by atoms with Crippen LogP contribution in [0.2, 0.25) is 0 Å². The third-order valence-corrected chi connectivity index (χ3v) is 16.9. The molecule has 4 nitrogen and oxygen atoms in total. The molecule has 4 aliphatic carbocycles. The predicted molar refractivity (Wildman–Crippen MR) is 260 cm³/mol. The smallest absolute Gasteiger partial charge is 0.0644 e. The maximum atomic E-state index is 6.59. The van der Waals surface area contributed by atoms with Gasteiger partial charge < -0.3 is 19.1 Å². The summed E-state index contributed by atoms with van der Waals surface area (Å²) in [6, 6.07) is 0.335. The van der Waals surface area contributed by atoms with Gasteiger partial charge in [-0.2, -0.15) is 0 Å². The fourth-order valence-corrected chi connectivity index (χ4v) is 12.9. The summed E-state index contributed by atoms with van der Waals surface area (Å²) in [5.41, 5.74) is 2.78. The molecule has 0 radical (unpaired) electrons. The molecule has 0 spiro atoms. The molecule has 4 aliphatic rings. The number of hydrogen-bond acceptors (Lipinski definition) is 4. The number of hydrogen-bond donors (Lipinski definition) is 0. The molecular weight excluding hydrogens is 735 g/mol. The predicted octanol–water partition coefficient (Wildman–Crippen LogP) is 16.0. The average Bonchev–Trinajstić information content (AvgIpc) is 3.59. The van der Waals surface area contributed by atoms with E-state index in [9.17, 15) is 0 Å². The van der Waals surface area contributed by atoms with Crippen LogP contribution in [-0.4, -0.2) is 64.2 Å². The quantitative estimate of drug-likeness (QED) is 0.0477. The zero-order valence-electron chi connectivity index (χ0n) is 41.6. The number of unbranched alkanes of at least 4 members (excludes halogenated alkanes) is 15. The Bertz CT molecular complexity index is 1160. The van der Waals surface area contributed by atoms with Gasteiger partial charge in [-0.05, 0) is 157 Å². The molecule has 0 amide bonds. The van der Waals surface area contributed by atoms with Crippen molar-refractivity contribution in [3.05, 3.63) is 23.8 Å². The van der Waals surface area contributed by atoms with E-state index in [1.807, 2.05) is 0 Å². The number of rotatable bonds is 34. The molecule has 3 saturated carbocycles. The van der Waals surface area contributed by atoms with Crippen LogP contribution < -0.4 is 0 Å². The Balaban J connectivity index is 0.976. The van der Waals surface area contributed by atoms with E-state index >= 15 is 0 Å².